The van der Waals surface area contributed by atoms with Crippen molar-refractivity contribution in [3.05, 3.63) is 48.2 Å². The fourth-order valence-electron chi connectivity index (χ4n) is 4.73. The van der Waals surface area contributed by atoms with E-state index >= 15 is 0 Å². The summed E-state index contributed by atoms with van der Waals surface area (Å²) in [5.74, 6) is 2.07. The molecule has 2 aliphatic carbocycles. The van der Waals surface area contributed by atoms with E-state index in [0.29, 0.717) is 11.8 Å². The number of rotatable bonds is 6. The fraction of sp³-hybridized carbons (Fsp3) is 0.625. The fourth-order valence-corrected chi connectivity index (χ4v) is 6.01. The summed E-state index contributed by atoms with van der Waals surface area (Å²) in [5, 5.41) is 0.826. The summed E-state index contributed by atoms with van der Waals surface area (Å²) in [4.78, 5) is 17.4. The van der Waals surface area contributed by atoms with E-state index in [1.54, 1.807) is 0 Å². The van der Waals surface area contributed by atoms with Gasteiger partial charge in [0.1, 0.15) is 0 Å². The molecule has 0 radical (unpaired) electrons. The van der Waals surface area contributed by atoms with Crippen LogP contribution in [-0.2, 0) is 4.79 Å². The highest BCUT2D eigenvalue weighted by Crippen LogP contribution is 2.48. The van der Waals surface area contributed by atoms with Crippen LogP contribution in [-0.4, -0.2) is 52.9 Å². The van der Waals surface area contributed by atoms with Gasteiger partial charge in [-0.25, -0.2) is 0 Å². The minimum atomic E-state index is 0.211. The molecule has 1 saturated heterocycles. The molecule has 0 unspecified atom stereocenters. The number of hydrogen-bond acceptors (Lipinski definition) is 3. The molecule has 2 atom stereocenters. The van der Waals surface area contributed by atoms with Gasteiger partial charge in [-0.3, -0.25) is 4.79 Å². The Hall–Kier alpha value is -1.42. The smallest absolute Gasteiger partial charge is 0.226 e. The van der Waals surface area contributed by atoms with Gasteiger partial charge in [-0.15, -0.1) is 0 Å². The zero-order valence-corrected chi connectivity index (χ0v) is 17.8. The van der Waals surface area contributed by atoms with E-state index < -0.39 is 0 Å². The maximum atomic E-state index is 12.9. The second-order valence-corrected chi connectivity index (χ2v) is 9.95. The van der Waals surface area contributed by atoms with Gasteiger partial charge in [-0.2, -0.15) is 11.8 Å². The molecule has 28 heavy (non-hydrogen) atoms. The van der Waals surface area contributed by atoms with Crippen molar-refractivity contribution < 1.29 is 4.79 Å². The summed E-state index contributed by atoms with van der Waals surface area (Å²) in [5.41, 5.74) is 2.58. The average Bonchev–Trinajstić information content (AvgIpc) is 3.57. The largest absolute Gasteiger partial charge is 0.371 e. The molecule has 1 amide bonds. The van der Waals surface area contributed by atoms with E-state index in [2.05, 4.69) is 52.4 Å². The maximum Gasteiger partial charge on any atom is 0.226 e. The molecule has 1 aromatic carbocycles. The molecule has 0 spiro atoms. The summed E-state index contributed by atoms with van der Waals surface area (Å²) in [6.45, 7) is 7.95. The molecule has 4 heteroatoms. The van der Waals surface area contributed by atoms with Gasteiger partial charge in [0.2, 0.25) is 5.91 Å². The zero-order chi connectivity index (χ0) is 19.3. The molecule has 4 rings (SSSR count). The van der Waals surface area contributed by atoms with E-state index in [4.69, 9.17) is 0 Å². The van der Waals surface area contributed by atoms with E-state index in [1.165, 1.54) is 49.8 Å². The lowest BCUT2D eigenvalue weighted by molar-refractivity contribution is -0.134. The van der Waals surface area contributed by atoms with Gasteiger partial charge in [0.25, 0.3) is 0 Å². The maximum absolute atomic E-state index is 12.9. The standard InChI is InChI=1S/C24H34N2OS/c1-19(18-28-21-11-7-2-3-8-12-21)25-13-15-26(16-14-25)24(27)23-17-22(23)20-9-5-4-6-10-20/h4-6,9-10,21-23H,1-3,7-8,11-18H2/t22-,23+/m0/s1. The molecular formula is C24H34N2OS. The van der Waals surface area contributed by atoms with Crippen molar-refractivity contribution in [1.82, 2.24) is 9.80 Å². The first-order chi connectivity index (χ1) is 13.7. The van der Waals surface area contributed by atoms with E-state index in [9.17, 15) is 4.79 Å². The van der Waals surface area contributed by atoms with Crippen LogP contribution >= 0.6 is 11.8 Å². The minimum absolute atomic E-state index is 0.211. The number of nitrogens with zero attached hydrogens (tertiary/aromatic N) is 2. The first kappa shape index (κ1) is 19.9. The van der Waals surface area contributed by atoms with Gasteiger partial charge in [-0.05, 0) is 30.7 Å². The topological polar surface area (TPSA) is 23.6 Å². The van der Waals surface area contributed by atoms with E-state index in [-0.39, 0.29) is 5.92 Å². The van der Waals surface area contributed by atoms with E-state index in [0.717, 1.165) is 43.6 Å². The second-order valence-electron chi connectivity index (χ2n) is 8.66. The number of piperazine rings is 1. The van der Waals surface area contributed by atoms with Crippen LogP contribution in [0.5, 0.6) is 0 Å². The van der Waals surface area contributed by atoms with Gasteiger partial charge in [0.15, 0.2) is 0 Å². The molecule has 3 nitrogen and oxygen atoms in total. The molecule has 3 fully saturated rings. The molecular weight excluding hydrogens is 364 g/mol. The lowest BCUT2D eigenvalue weighted by Gasteiger charge is -2.37. The summed E-state index contributed by atoms with van der Waals surface area (Å²) in [7, 11) is 0. The Morgan fingerprint density at radius 3 is 2.29 bits per heavy atom. The predicted octanol–water partition coefficient (Wildman–Crippen LogP) is 4.90. The van der Waals surface area contributed by atoms with Crippen LogP contribution in [0.3, 0.4) is 0 Å². The van der Waals surface area contributed by atoms with Gasteiger partial charge >= 0.3 is 0 Å². The number of thioether (sulfide) groups is 1. The van der Waals surface area contributed by atoms with Crippen LogP contribution in [0.4, 0.5) is 0 Å². The van der Waals surface area contributed by atoms with Crippen molar-refractivity contribution in [2.75, 3.05) is 31.9 Å². The Labute approximate surface area is 174 Å². The molecule has 1 heterocycles. The lowest BCUT2D eigenvalue weighted by atomic mass is 10.1. The van der Waals surface area contributed by atoms with Crippen LogP contribution in [0.2, 0.25) is 0 Å². The Bertz CT molecular complexity index is 660. The molecule has 3 aliphatic rings. The third kappa shape index (κ3) is 4.94. The second kappa shape index (κ2) is 9.39. The summed E-state index contributed by atoms with van der Waals surface area (Å²) in [6.07, 6.45) is 9.41. The summed E-state index contributed by atoms with van der Waals surface area (Å²) < 4.78 is 0. The molecule has 0 bridgehead atoms. The summed E-state index contributed by atoms with van der Waals surface area (Å²) >= 11 is 2.11. The molecule has 0 N–H and O–H groups in total. The third-order valence-corrected chi connectivity index (χ3v) is 8.10. The van der Waals surface area contributed by atoms with Gasteiger partial charge in [-0.1, -0.05) is 62.6 Å². The molecule has 2 saturated carbocycles. The SMILES string of the molecule is C=C(CSC1CCCCCC1)N1CCN(C(=O)[C@@H]2C[C@H]2c2ccccc2)CC1. The quantitative estimate of drug-likeness (QED) is 0.637. The first-order valence-electron chi connectivity index (χ1n) is 11.1. The van der Waals surface area contributed by atoms with Crippen molar-refractivity contribution in [2.45, 2.75) is 56.1 Å². The van der Waals surface area contributed by atoms with Crippen molar-refractivity contribution in [2.24, 2.45) is 5.92 Å². The predicted molar refractivity (Wildman–Crippen MR) is 119 cm³/mol. The third-order valence-electron chi connectivity index (χ3n) is 6.66. The van der Waals surface area contributed by atoms with Crippen LogP contribution in [0.15, 0.2) is 42.6 Å². The van der Waals surface area contributed by atoms with Crippen LogP contribution in [0, 0.1) is 5.92 Å². The number of benzene rings is 1. The molecule has 152 valence electrons. The van der Waals surface area contributed by atoms with Crippen molar-refractivity contribution >= 4 is 17.7 Å². The van der Waals surface area contributed by atoms with Crippen LogP contribution in [0.25, 0.3) is 0 Å². The Kier molecular flexibility index (Phi) is 6.66. The summed E-state index contributed by atoms with van der Waals surface area (Å²) in [6, 6.07) is 10.5. The number of carbonyl (C=O) groups excluding carboxylic acids is 1. The molecule has 0 aromatic heterocycles. The molecule has 1 aromatic rings. The van der Waals surface area contributed by atoms with Crippen LogP contribution in [0.1, 0.15) is 56.4 Å². The monoisotopic (exact) mass is 398 g/mol. The Morgan fingerprint density at radius 2 is 1.61 bits per heavy atom. The lowest BCUT2D eigenvalue weighted by Crippen LogP contribution is -2.49. The van der Waals surface area contributed by atoms with E-state index in [1.807, 2.05) is 6.07 Å². The average molecular weight is 399 g/mol. The van der Waals surface area contributed by atoms with Crippen LogP contribution < -0.4 is 0 Å². The molecule has 1 aliphatic heterocycles. The zero-order valence-electron chi connectivity index (χ0n) is 17.0. The van der Waals surface area contributed by atoms with Gasteiger partial charge in [0.05, 0.1) is 0 Å². The highest BCUT2D eigenvalue weighted by atomic mass is 32.2. The Balaban J connectivity index is 1.19. The number of carbonyl (C=O) groups is 1. The van der Waals surface area contributed by atoms with Crippen molar-refractivity contribution in [3.8, 4) is 0 Å². The highest BCUT2D eigenvalue weighted by molar-refractivity contribution is 8.00. The van der Waals surface area contributed by atoms with Crippen molar-refractivity contribution in [3.63, 3.8) is 0 Å². The Morgan fingerprint density at radius 1 is 0.964 bits per heavy atom. The van der Waals surface area contributed by atoms with Gasteiger partial charge in [0, 0.05) is 48.8 Å². The van der Waals surface area contributed by atoms with Crippen molar-refractivity contribution in [1.29, 1.82) is 0 Å². The number of hydrogen-bond donors (Lipinski definition) is 0. The normalized spacial score (nSPS) is 26.0. The minimum Gasteiger partial charge on any atom is -0.371 e. The highest BCUT2D eigenvalue weighted by Gasteiger charge is 2.46. The number of amides is 1. The van der Waals surface area contributed by atoms with Gasteiger partial charge < -0.3 is 9.80 Å². The first-order valence-corrected chi connectivity index (χ1v) is 12.2.